The van der Waals surface area contributed by atoms with Crippen LogP contribution < -0.4 is 5.32 Å². The third-order valence-electron chi connectivity index (χ3n) is 3.58. The van der Waals surface area contributed by atoms with Gasteiger partial charge < -0.3 is 15.3 Å². The van der Waals surface area contributed by atoms with Crippen molar-refractivity contribution in [2.24, 2.45) is 5.92 Å². The number of nitrogens with zero attached hydrogens (tertiary/aromatic N) is 1. The zero-order valence-corrected chi connectivity index (χ0v) is 12.5. The van der Waals surface area contributed by atoms with Gasteiger partial charge in [-0.1, -0.05) is 6.07 Å². The van der Waals surface area contributed by atoms with Gasteiger partial charge in [0.1, 0.15) is 5.88 Å². The quantitative estimate of drug-likeness (QED) is 0.832. The lowest BCUT2D eigenvalue weighted by atomic mass is 9.98. The van der Waals surface area contributed by atoms with Gasteiger partial charge in [0.2, 0.25) is 5.91 Å². The zero-order valence-electron chi connectivity index (χ0n) is 11.7. The maximum absolute atomic E-state index is 12.5. The van der Waals surface area contributed by atoms with Gasteiger partial charge in [-0.15, -0.1) is 11.6 Å². The molecule has 21 heavy (non-hydrogen) atoms. The molecule has 1 aromatic rings. The molecule has 1 atom stereocenters. The number of alkyl halides is 1. The fraction of sp³-hybridized carbons (Fsp3) is 0.467. The highest BCUT2D eigenvalue weighted by molar-refractivity contribution is 6.29. The lowest BCUT2D eigenvalue weighted by Gasteiger charge is -2.32. The predicted molar refractivity (Wildman–Crippen MR) is 81.5 cm³/mol. The molecule has 5 nitrogen and oxygen atoms in total. The smallest absolute Gasteiger partial charge is 0.253 e. The highest BCUT2D eigenvalue weighted by Gasteiger charge is 2.24. The van der Waals surface area contributed by atoms with E-state index in [4.69, 9.17) is 11.6 Å². The van der Waals surface area contributed by atoms with Crippen LogP contribution >= 0.6 is 11.6 Å². The number of carbonyl (C=O) groups is 2. The van der Waals surface area contributed by atoms with Crippen LogP contribution in [0.3, 0.4) is 0 Å². The van der Waals surface area contributed by atoms with E-state index in [1.165, 1.54) is 0 Å². The highest BCUT2D eigenvalue weighted by Crippen LogP contribution is 2.19. The van der Waals surface area contributed by atoms with Crippen molar-refractivity contribution in [2.45, 2.75) is 12.8 Å². The second-order valence-corrected chi connectivity index (χ2v) is 5.47. The maximum Gasteiger partial charge on any atom is 0.253 e. The Morgan fingerprint density at radius 2 is 2.24 bits per heavy atom. The van der Waals surface area contributed by atoms with Gasteiger partial charge in [-0.2, -0.15) is 0 Å². The molecule has 6 heteroatoms. The van der Waals surface area contributed by atoms with E-state index >= 15 is 0 Å². The first-order valence-corrected chi connectivity index (χ1v) is 7.53. The van der Waals surface area contributed by atoms with Crippen LogP contribution in [0.2, 0.25) is 0 Å². The van der Waals surface area contributed by atoms with Gasteiger partial charge >= 0.3 is 0 Å². The molecule has 114 valence electrons. The Hall–Kier alpha value is -1.59. The summed E-state index contributed by atoms with van der Waals surface area (Å²) in [6.07, 6.45) is 1.85. The largest absolute Gasteiger partial charge is 0.396 e. The van der Waals surface area contributed by atoms with Crippen LogP contribution in [0.15, 0.2) is 24.3 Å². The van der Waals surface area contributed by atoms with Crippen LogP contribution in [-0.4, -0.2) is 47.4 Å². The Morgan fingerprint density at radius 1 is 1.43 bits per heavy atom. The first kappa shape index (κ1) is 15.8. The summed E-state index contributed by atoms with van der Waals surface area (Å²) in [4.78, 5) is 25.5. The summed E-state index contributed by atoms with van der Waals surface area (Å²) in [5.74, 6) is -0.348. The highest BCUT2D eigenvalue weighted by atomic mass is 35.5. The topological polar surface area (TPSA) is 69.6 Å². The second-order valence-electron chi connectivity index (χ2n) is 5.20. The van der Waals surface area contributed by atoms with Gasteiger partial charge in [-0.3, -0.25) is 9.59 Å². The number of hydrogen-bond donors (Lipinski definition) is 2. The van der Waals surface area contributed by atoms with Crippen LogP contribution in [0.5, 0.6) is 0 Å². The van der Waals surface area contributed by atoms with Crippen molar-refractivity contribution in [3.63, 3.8) is 0 Å². The average Bonchev–Trinajstić information content (AvgIpc) is 2.54. The minimum Gasteiger partial charge on any atom is -0.396 e. The number of rotatable bonds is 4. The lowest BCUT2D eigenvalue weighted by molar-refractivity contribution is -0.113. The number of piperidine rings is 1. The molecule has 1 heterocycles. The Labute approximate surface area is 128 Å². The van der Waals surface area contributed by atoms with Crippen molar-refractivity contribution in [1.82, 2.24) is 4.90 Å². The Kier molecular flexibility index (Phi) is 5.59. The van der Waals surface area contributed by atoms with Crippen LogP contribution in [0.1, 0.15) is 23.2 Å². The Bertz CT molecular complexity index is 521. The van der Waals surface area contributed by atoms with E-state index in [2.05, 4.69) is 5.32 Å². The molecule has 0 radical (unpaired) electrons. The third-order valence-corrected chi connectivity index (χ3v) is 3.82. The molecule has 1 aliphatic rings. The van der Waals surface area contributed by atoms with Gasteiger partial charge in [-0.25, -0.2) is 0 Å². The predicted octanol–water partition coefficient (Wildman–Crippen LogP) is 1.71. The molecular weight excluding hydrogens is 292 g/mol. The molecule has 0 spiro atoms. The SMILES string of the molecule is O=C(CCl)Nc1cccc(C(=O)N2CCCC(CO)C2)c1. The number of halogens is 1. The number of benzene rings is 1. The van der Waals surface area contributed by atoms with Gasteiger partial charge in [0.15, 0.2) is 0 Å². The maximum atomic E-state index is 12.5. The molecule has 1 saturated heterocycles. The Balaban J connectivity index is 2.08. The average molecular weight is 311 g/mol. The summed E-state index contributed by atoms with van der Waals surface area (Å²) in [6, 6.07) is 6.81. The summed E-state index contributed by atoms with van der Waals surface area (Å²) in [5, 5.41) is 11.9. The molecule has 1 aromatic carbocycles. The van der Waals surface area contributed by atoms with Crippen molar-refractivity contribution >= 4 is 29.1 Å². The summed E-state index contributed by atoms with van der Waals surface area (Å²) in [7, 11) is 0. The van der Waals surface area contributed by atoms with E-state index < -0.39 is 0 Å². The van der Waals surface area contributed by atoms with E-state index in [0.717, 1.165) is 12.8 Å². The van der Waals surface area contributed by atoms with Gasteiger partial charge in [0.25, 0.3) is 5.91 Å². The standard InChI is InChI=1S/C15H19ClN2O3/c16-8-14(20)17-13-5-1-4-12(7-13)15(21)18-6-2-3-11(9-18)10-19/h1,4-5,7,11,19H,2-3,6,8-10H2,(H,17,20). The van der Waals surface area contributed by atoms with Crippen LogP contribution in [0, 0.1) is 5.92 Å². The molecule has 0 bridgehead atoms. The molecule has 1 fully saturated rings. The third kappa shape index (κ3) is 4.19. The van der Waals surface area contributed by atoms with Crippen LogP contribution in [-0.2, 0) is 4.79 Å². The van der Waals surface area contributed by atoms with Crippen LogP contribution in [0.4, 0.5) is 5.69 Å². The number of anilines is 1. The summed E-state index contributed by atoms with van der Waals surface area (Å²) in [5.41, 5.74) is 1.09. The number of hydrogen-bond acceptors (Lipinski definition) is 3. The first-order valence-electron chi connectivity index (χ1n) is 7.00. The van der Waals surface area contributed by atoms with E-state index in [-0.39, 0.29) is 30.2 Å². The summed E-state index contributed by atoms with van der Waals surface area (Å²) >= 11 is 5.45. The molecule has 2 rings (SSSR count). The van der Waals surface area contributed by atoms with Gasteiger partial charge in [-0.05, 0) is 37.0 Å². The Morgan fingerprint density at radius 3 is 2.95 bits per heavy atom. The summed E-state index contributed by atoms with van der Waals surface area (Å²) in [6.45, 7) is 1.39. The number of carbonyl (C=O) groups excluding carboxylic acids is 2. The second kappa shape index (κ2) is 7.43. The molecule has 2 N–H and O–H groups in total. The van der Waals surface area contributed by atoms with Crippen molar-refractivity contribution < 1.29 is 14.7 Å². The molecule has 0 saturated carbocycles. The molecule has 0 aromatic heterocycles. The number of nitrogens with one attached hydrogen (secondary N) is 1. The zero-order chi connectivity index (χ0) is 15.2. The minimum absolute atomic E-state index is 0.0740. The molecule has 2 amide bonds. The molecular formula is C15H19ClN2O3. The molecule has 1 unspecified atom stereocenters. The fourth-order valence-corrected chi connectivity index (χ4v) is 2.57. The number of aliphatic hydroxyl groups excluding tert-OH is 1. The van der Waals surface area contributed by atoms with E-state index in [0.29, 0.717) is 24.3 Å². The van der Waals surface area contributed by atoms with Gasteiger partial charge in [0, 0.05) is 30.9 Å². The van der Waals surface area contributed by atoms with Gasteiger partial charge in [0.05, 0.1) is 0 Å². The van der Waals surface area contributed by atoms with Crippen molar-refractivity contribution in [1.29, 1.82) is 0 Å². The summed E-state index contributed by atoms with van der Waals surface area (Å²) < 4.78 is 0. The normalized spacial score (nSPS) is 18.4. The molecule has 0 aliphatic carbocycles. The van der Waals surface area contributed by atoms with Crippen molar-refractivity contribution in [2.75, 3.05) is 30.9 Å². The first-order chi connectivity index (χ1) is 10.1. The van der Waals surface area contributed by atoms with Crippen molar-refractivity contribution in [3.05, 3.63) is 29.8 Å². The number of aliphatic hydroxyl groups is 1. The van der Waals surface area contributed by atoms with E-state index in [9.17, 15) is 14.7 Å². The molecule has 1 aliphatic heterocycles. The van der Waals surface area contributed by atoms with Crippen LogP contribution in [0.25, 0.3) is 0 Å². The monoisotopic (exact) mass is 310 g/mol. The number of likely N-dealkylation sites (tertiary alicyclic amines) is 1. The minimum atomic E-state index is -0.306. The van der Waals surface area contributed by atoms with Crippen molar-refractivity contribution in [3.8, 4) is 0 Å². The lowest BCUT2D eigenvalue weighted by Crippen LogP contribution is -2.40. The van der Waals surface area contributed by atoms with E-state index in [1.54, 1.807) is 29.2 Å². The van der Waals surface area contributed by atoms with E-state index in [1.807, 2.05) is 0 Å². The number of amides is 2. The fourth-order valence-electron chi connectivity index (χ4n) is 2.51.